The van der Waals surface area contributed by atoms with E-state index in [0.717, 1.165) is 6.26 Å². The van der Waals surface area contributed by atoms with Crippen LogP contribution in [-0.2, 0) is 4.79 Å². The highest BCUT2D eigenvalue weighted by molar-refractivity contribution is 6.31. The average Bonchev–Trinajstić information content (AvgIpc) is 2.37. The fourth-order valence-electron chi connectivity index (χ4n) is 1.60. The van der Waals surface area contributed by atoms with Crippen molar-refractivity contribution < 1.29 is 13.9 Å². The lowest BCUT2D eigenvalue weighted by atomic mass is 10.1. The molecule has 0 fully saturated rings. The Morgan fingerprint density at radius 1 is 1.42 bits per heavy atom. The summed E-state index contributed by atoms with van der Waals surface area (Å²) in [5.74, 6) is -0.268. The van der Waals surface area contributed by atoms with Gasteiger partial charge in [-0.25, -0.2) is 0 Å². The van der Waals surface area contributed by atoms with Gasteiger partial charge in [0.15, 0.2) is 0 Å². The van der Waals surface area contributed by atoms with Gasteiger partial charge in [-0.2, -0.15) is 0 Å². The van der Waals surface area contributed by atoms with Crippen molar-refractivity contribution in [2.24, 2.45) is 0 Å². The van der Waals surface area contributed by atoms with Crippen LogP contribution in [0.1, 0.15) is 12.5 Å². The lowest BCUT2D eigenvalue weighted by Crippen LogP contribution is -2.18. The van der Waals surface area contributed by atoms with Gasteiger partial charge < -0.3 is 9.15 Å². The van der Waals surface area contributed by atoms with Crippen LogP contribution in [0, 0.1) is 6.92 Å². The molecule has 2 rings (SSSR count). The maximum atomic E-state index is 11.8. The summed E-state index contributed by atoms with van der Waals surface area (Å²) >= 11 is 11.3. The van der Waals surface area contributed by atoms with Crippen molar-refractivity contribution in [3.05, 3.63) is 39.2 Å². The molecule has 0 saturated heterocycles. The Bertz CT molecular complexity index is 704. The zero-order chi connectivity index (χ0) is 14.2. The lowest BCUT2D eigenvalue weighted by Gasteiger charge is -2.09. The first-order chi connectivity index (χ1) is 8.91. The summed E-state index contributed by atoms with van der Waals surface area (Å²) in [7, 11) is 0. The van der Waals surface area contributed by atoms with E-state index in [1.54, 1.807) is 6.92 Å². The second-order valence-electron chi connectivity index (χ2n) is 4.02. The second kappa shape index (κ2) is 5.23. The zero-order valence-electron chi connectivity index (χ0n) is 10.2. The summed E-state index contributed by atoms with van der Waals surface area (Å²) in [6.45, 7) is 3.20. The molecule has 0 saturated carbocycles. The third-order valence-corrected chi connectivity index (χ3v) is 3.07. The Hall–Kier alpha value is -1.52. The van der Waals surface area contributed by atoms with Gasteiger partial charge >= 0.3 is 5.97 Å². The predicted molar refractivity (Wildman–Crippen MR) is 73.2 cm³/mol. The molecule has 0 spiro atoms. The van der Waals surface area contributed by atoms with E-state index in [2.05, 4.69) is 0 Å². The number of esters is 1. The fraction of sp³-hybridized carbons (Fsp3) is 0.231. The fourth-order valence-corrected chi connectivity index (χ4v) is 1.79. The van der Waals surface area contributed by atoms with Crippen LogP contribution in [0.25, 0.3) is 11.0 Å². The van der Waals surface area contributed by atoms with Crippen LogP contribution >= 0.6 is 23.2 Å². The molecule has 0 radical (unpaired) electrons. The summed E-state index contributed by atoms with van der Waals surface area (Å²) in [5, 5.41) is -0.415. The number of rotatable bonds is 2. The van der Waals surface area contributed by atoms with Crippen LogP contribution in [-0.4, -0.2) is 11.3 Å². The largest absolute Gasteiger partial charge is 0.462 e. The van der Waals surface area contributed by atoms with Crippen LogP contribution in [0.2, 0.25) is 5.02 Å². The molecule has 0 aliphatic carbocycles. The smallest absolute Gasteiger partial charge is 0.329 e. The molecule has 100 valence electrons. The topological polar surface area (TPSA) is 56.5 Å². The number of hydrogen-bond donors (Lipinski definition) is 0. The molecule has 1 atom stereocenters. The molecule has 1 unspecified atom stereocenters. The molecule has 0 aliphatic heterocycles. The zero-order valence-corrected chi connectivity index (χ0v) is 11.7. The van der Waals surface area contributed by atoms with Gasteiger partial charge in [-0.3, -0.25) is 9.59 Å². The first kappa shape index (κ1) is 13.9. The summed E-state index contributed by atoms with van der Waals surface area (Å²) < 4.78 is 10.4. The third-order valence-electron chi connectivity index (χ3n) is 2.63. The van der Waals surface area contributed by atoms with Gasteiger partial charge in [0, 0.05) is 5.56 Å². The molecule has 0 amide bonds. The van der Waals surface area contributed by atoms with Gasteiger partial charge in [0.2, 0.25) is 5.43 Å². The SMILES string of the molecule is Cc1c(OC(=O)C(C)Cl)ccc2c(=O)c(Cl)coc12. The average molecular weight is 301 g/mol. The highest BCUT2D eigenvalue weighted by Crippen LogP contribution is 2.27. The van der Waals surface area contributed by atoms with Gasteiger partial charge in [-0.15, -0.1) is 11.6 Å². The van der Waals surface area contributed by atoms with Crippen LogP contribution in [0.15, 0.2) is 27.6 Å². The van der Waals surface area contributed by atoms with E-state index in [4.69, 9.17) is 32.4 Å². The minimum Gasteiger partial charge on any atom is -0.462 e. The lowest BCUT2D eigenvalue weighted by molar-refractivity contribution is -0.133. The molecule has 19 heavy (non-hydrogen) atoms. The van der Waals surface area contributed by atoms with E-state index < -0.39 is 11.3 Å². The van der Waals surface area contributed by atoms with E-state index >= 15 is 0 Å². The van der Waals surface area contributed by atoms with Crippen LogP contribution in [0.5, 0.6) is 5.75 Å². The molecular weight excluding hydrogens is 291 g/mol. The molecule has 2 aromatic rings. The van der Waals surface area contributed by atoms with Crippen molar-refractivity contribution in [3.8, 4) is 5.75 Å². The Morgan fingerprint density at radius 2 is 2.11 bits per heavy atom. The van der Waals surface area contributed by atoms with Crippen molar-refractivity contribution in [1.82, 2.24) is 0 Å². The Balaban J connectivity index is 2.56. The number of fused-ring (bicyclic) bond motifs is 1. The first-order valence-corrected chi connectivity index (χ1v) is 6.29. The molecule has 1 heterocycles. The van der Waals surface area contributed by atoms with Gasteiger partial charge in [0.05, 0.1) is 5.39 Å². The number of aryl methyl sites for hydroxylation is 1. The Morgan fingerprint density at radius 3 is 2.74 bits per heavy atom. The molecule has 4 nitrogen and oxygen atoms in total. The third kappa shape index (κ3) is 2.60. The van der Waals surface area contributed by atoms with Crippen LogP contribution in [0.4, 0.5) is 0 Å². The molecule has 6 heteroatoms. The van der Waals surface area contributed by atoms with E-state index in [-0.39, 0.29) is 10.5 Å². The van der Waals surface area contributed by atoms with E-state index in [1.807, 2.05) is 0 Å². The van der Waals surface area contributed by atoms with Crippen molar-refractivity contribution in [3.63, 3.8) is 0 Å². The normalized spacial score (nSPS) is 12.4. The highest BCUT2D eigenvalue weighted by Gasteiger charge is 2.16. The molecule has 0 aliphatic rings. The number of carbonyl (C=O) groups is 1. The highest BCUT2D eigenvalue weighted by atomic mass is 35.5. The molecular formula is C13H10Cl2O4. The summed E-state index contributed by atoms with van der Waals surface area (Å²) in [6, 6.07) is 3.02. The predicted octanol–water partition coefficient (Wildman–Crippen LogP) is 3.29. The van der Waals surface area contributed by atoms with Crippen LogP contribution in [0.3, 0.4) is 0 Å². The van der Waals surface area contributed by atoms with Crippen molar-refractivity contribution in [2.75, 3.05) is 0 Å². The van der Waals surface area contributed by atoms with Crippen molar-refractivity contribution in [1.29, 1.82) is 0 Å². The molecule has 1 aromatic carbocycles. The molecule has 0 N–H and O–H groups in total. The molecule has 0 bridgehead atoms. The number of benzene rings is 1. The monoisotopic (exact) mass is 300 g/mol. The quantitative estimate of drug-likeness (QED) is 0.485. The van der Waals surface area contributed by atoms with Gasteiger partial charge in [-0.05, 0) is 26.0 Å². The minimum atomic E-state index is -0.757. The molecule has 1 aromatic heterocycles. The first-order valence-electron chi connectivity index (χ1n) is 5.48. The van der Waals surface area contributed by atoms with Gasteiger partial charge in [-0.1, -0.05) is 11.6 Å². The number of halogens is 2. The van der Waals surface area contributed by atoms with Crippen molar-refractivity contribution in [2.45, 2.75) is 19.2 Å². The second-order valence-corrected chi connectivity index (χ2v) is 5.08. The number of hydrogen-bond acceptors (Lipinski definition) is 4. The summed E-state index contributed by atoms with van der Waals surface area (Å²) in [4.78, 5) is 23.3. The van der Waals surface area contributed by atoms with Gasteiger partial charge in [0.1, 0.15) is 28.0 Å². The van der Waals surface area contributed by atoms with E-state index in [0.29, 0.717) is 22.3 Å². The van der Waals surface area contributed by atoms with E-state index in [1.165, 1.54) is 19.1 Å². The summed E-state index contributed by atoms with van der Waals surface area (Å²) in [6.07, 6.45) is 1.16. The maximum absolute atomic E-state index is 11.8. The Labute approximate surface area is 118 Å². The summed E-state index contributed by atoms with van der Waals surface area (Å²) in [5.41, 5.74) is 0.550. The standard InChI is InChI=1S/C13H10Cl2O4/c1-6-10(19-13(17)7(2)14)4-3-8-11(16)9(15)5-18-12(6)8/h3-5,7H,1-2H3. The van der Waals surface area contributed by atoms with Crippen molar-refractivity contribution >= 4 is 40.1 Å². The number of carbonyl (C=O) groups excluding carboxylic acids is 1. The van der Waals surface area contributed by atoms with Crippen LogP contribution < -0.4 is 10.2 Å². The Kier molecular flexibility index (Phi) is 3.83. The number of alkyl halides is 1. The maximum Gasteiger partial charge on any atom is 0.329 e. The van der Waals surface area contributed by atoms with E-state index in [9.17, 15) is 9.59 Å². The van der Waals surface area contributed by atoms with Gasteiger partial charge in [0.25, 0.3) is 0 Å². The number of ether oxygens (including phenoxy) is 1. The minimum absolute atomic E-state index is 0.00558.